The van der Waals surface area contributed by atoms with Crippen LogP contribution < -0.4 is 20.5 Å². The largest absolute Gasteiger partial charge is 0.439 e. The van der Waals surface area contributed by atoms with Crippen molar-refractivity contribution in [3.63, 3.8) is 0 Å². The van der Waals surface area contributed by atoms with Crippen LogP contribution in [0, 0.1) is 11.3 Å². The number of anilines is 3. The summed E-state index contributed by atoms with van der Waals surface area (Å²) < 4.78 is 7.23. The maximum atomic E-state index is 13.6. The lowest BCUT2D eigenvalue weighted by atomic mass is 10.2. The molecule has 38 heavy (non-hydrogen) atoms. The van der Waals surface area contributed by atoms with Gasteiger partial charge in [0, 0.05) is 29.7 Å². The number of aromatic nitrogens is 3. The Kier molecular flexibility index (Phi) is 8.36. The summed E-state index contributed by atoms with van der Waals surface area (Å²) in [5, 5.41) is 12.8. The van der Waals surface area contributed by atoms with E-state index in [-0.39, 0.29) is 35.8 Å². The van der Waals surface area contributed by atoms with Crippen LogP contribution >= 0.6 is 11.6 Å². The van der Waals surface area contributed by atoms with Crippen molar-refractivity contribution < 1.29 is 9.53 Å². The predicted octanol–water partition coefficient (Wildman–Crippen LogP) is 5.51. The van der Waals surface area contributed by atoms with Gasteiger partial charge in [-0.1, -0.05) is 36.7 Å². The molecule has 0 aliphatic carbocycles. The number of ether oxygens (including phenoxy) is 1. The zero-order valence-corrected chi connectivity index (χ0v) is 21.6. The maximum Gasteiger partial charge on any atom is 0.279 e. The van der Waals surface area contributed by atoms with Crippen LogP contribution in [0.5, 0.6) is 11.6 Å². The summed E-state index contributed by atoms with van der Waals surface area (Å²) in [6, 6.07) is 21.1. The summed E-state index contributed by atoms with van der Waals surface area (Å²) in [5.74, 6) is 0.985. The minimum atomic E-state index is -0.343. The van der Waals surface area contributed by atoms with Gasteiger partial charge in [-0.05, 0) is 55.0 Å². The first-order valence-corrected chi connectivity index (χ1v) is 12.4. The molecule has 4 aromatic rings. The van der Waals surface area contributed by atoms with Crippen LogP contribution in [0.2, 0.25) is 5.02 Å². The Labute approximate surface area is 224 Å². The summed E-state index contributed by atoms with van der Waals surface area (Å²) in [7, 11) is 0. The lowest BCUT2D eigenvalue weighted by Gasteiger charge is -2.22. The molecule has 0 aliphatic heterocycles. The average molecular weight is 529 g/mol. The zero-order valence-electron chi connectivity index (χ0n) is 20.9. The Hall–Kier alpha value is -4.68. The summed E-state index contributed by atoms with van der Waals surface area (Å²) in [6.07, 6.45) is 1.70. The first kappa shape index (κ1) is 26.4. The molecule has 2 aromatic heterocycles. The van der Waals surface area contributed by atoms with E-state index in [4.69, 9.17) is 21.6 Å². The summed E-state index contributed by atoms with van der Waals surface area (Å²) in [6.45, 7) is 4.15. The Balaban J connectivity index is 1.64. The highest BCUT2D eigenvalue weighted by atomic mass is 35.5. The first-order valence-electron chi connectivity index (χ1n) is 12.0. The molecule has 9 nitrogen and oxygen atoms in total. The molecule has 1 N–H and O–H groups in total. The van der Waals surface area contributed by atoms with Crippen molar-refractivity contribution in [1.29, 1.82) is 5.26 Å². The number of benzene rings is 2. The van der Waals surface area contributed by atoms with Gasteiger partial charge in [-0.3, -0.25) is 14.2 Å². The molecule has 0 spiro atoms. The van der Waals surface area contributed by atoms with Crippen molar-refractivity contribution in [1.82, 2.24) is 14.5 Å². The van der Waals surface area contributed by atoms with E-state index < -0.39 is 0 Å². The molecule has 2 aromatic carbocycles. The number of nitrogens with zero attached hydrogens (tertiary/aromatic N) is 5. The number of pyridine rings is 1. The SMILES string of the molecule is CCC(=O)N(CC)c1cnc(Nc2ccc(Oc3cccc(C#N)n3)cc2)n(Cc2ccc(Cl)cc2)c1=O. The van der Waals surface area contributed by atoms with Gasteiger partial charge in [0.25, 0.3) is 5.56 Å². The van der Waals surface area contributed by atoms with Crippen molar-refractivity contribution in [2.45, 2.75) is 26.8 Å². The number of nitriles is 1. The van der Waals surface area contributed by atoms with Crippen LogP contribution in [-0.2, 0) is 11.3 Å². The Morgan fingerprint density at radius 2 is 1.84 bits per heavy atom. The fourth-order valence-electron chi connectivity index (χ4n) is 3.75. The molecule has 10 heteroatoms. The lowest BCUT2D eigenvalue weighted by molar-refractivity contribution is -0.118. The van der Waals surface area contributed by atoms with Gasteiger partial charge in [-0.25, -0.2) is 9.97 Å². The molecular formula is C28H25ClN6O3. The molecule has 0 radical (unpaired) electrons. The quantitative estimate of drug-likeness (QED) is 0.304. The minimum absolute atomic E-state index is 0.157. The van der Waals surface area contributed by atoms with E-state index in [9.17, 15) is 9.59 Å². The van der Waals surface area contributed by atoms with Crippen LogP contribution in [0.1, 0.15) is 31.5 Å². The highest BCUT2D eigenvalue weighted by Crippen LogP contribution is 2.24. The second-order valence-electron chi connectivity index (χ2n) is 8.20. The molecule has 1 amide bonds. The van der Waals surface area contributed by atoms with Crippen molar-refractivity contribution in [3.8, 4) is 17.7 Å². The maximum absolute atomic E-state index is 13.6. The van der Waals surface area contributed by atoms with Gasteiger partial charge in [0.1, 0.15) is 23.2 Å². The molecule has 0 unspecified atom stereocenters. The third-order valence-corrected chi connectivity index (χ3v) is 5.92. The van der Waals surface area contributed by atoms with E-state index in [0.29, 0.717) is 34.8 Å². The second kappa shape index (κ2) is 12.0. The molecule has 0 aliphatic rings. The number of carbonyl (C=O) groups excluding carboxylic acids is 1. The van der Waals surface area contributed by atoms with Crippen molar-refractivity contribution in [2.75, 3.05) is 16.8 Å². The molecule has 0 saturated heterocycles. The van der Waals surface area contributed by atoms with E-state index in [1.165, 1.54) is 15.7 Å². The van der Waals surface area contributed by atoms with Gasteiger partial charge in [-0.15, -0.1) is 0 Å². The van der Waals surface area contributed by atoms with E-state index in [2.05, 4.69) is 15.3 Å². The summed E-state index contributed by atoms with van der Waals surface area (Å²) in [4.78, 5) is 36.1. The van der Waals surface area contributed by atoms with E-state index in [0.717, 1.165) is 5.56 Å². The minimum Gasteiger partial charge on any atom is -0.439 e. The first-order chi connectivity index (χ1) is 18.4. The zero-order chi connectivity index (χ0) is 27.1. The van der Waals surface area contributed by atoms with Crippen molar-refractivity contribution in [3.05, 3.63) is 99.6 Å². The third-order valence-electron chi connectivity index (χ3n) is 5.66. The second-order valence-corrected chi connectivity index (χ2v) is 8.64. The average Bonchev–Trinajstić information content (AvgIpc) is 2.94. The Morgan fingerprint density at radius 1 is 1.11 bits per heavy atom. The molecule has 0 atom stereocenters. The van der Waals surface area contributed by atoms with E-state index in [1.807, 2.05) is 25.1 Å². The van der Waals surface area contributed by atoms with Crippen LogP contribution in [0.25, 0.3) is 0 Å². The third kappa shape index (κ3) is 6.17. The number of rotatable bonds is 9. The van der Waals surface area contributed by atoms with E-state index in [1.54, 1.807) is 61.5 Å². The molecular weight excluding hydrogens is 504 g/mol. The van der Waals surface area contributed by atoms with Crippen molar-refractivity contribution >= 4 is 34.8 Å². The smallest absolute Gasteiger partial charge is 0.279 e. The van der Waals surface area contributed by atoms with Gasteiger partial charge in [-0.2, -0.15) is 5.26 Å². The number of amides is 1. The van der Waals surface area contributed by atoms with Crippen LogP contribution in [0.15, 0.2) is 77.7 Å². The molecule has 4 rings (SSSR count). The molecule has 0 bridgehead atoms. The summed E-state index contributed by atoms with van der Waals surface area (Å²) in [5.41, 5.74) is 1.65. The molecule has 0 fully saturated rings. The van der Waals surface area contributed by atoms with Gasteiger partial charge in [0.2, 0.25) is 17.7 Å². The highest BCUT2D eigenvalue weighted by Gasteiger charge is 2.19. The number of hydrogen-bond acceptors (Lipinski definition) is 7. The predicted molar refractivity (Wildman–Crippen MR) is 146 cm³/mol. The fraction of sp³-hybridized carbons (Fsp3) is 0.179. The normalized spacial score (nSPS) is 10.5. The Morgan fingerprint density at radius 3 is 2.50 bits per heavy atom. The number of nitrogens with one attached hydrogen (secondary N) is 1. The fourth-order valence-corrected chi connectivity index (χ4v) is 3.87. The monoisotopic (exact) mass is 528 g/mol. The van der Waals surface area contributed by atoms with E-state index >= 15 is 0 Å². The highest BCUT2D eigenvalue weighted by molar-refractivity contribution is 6.30. The molecule has 0 saturated carbocycles. The lowest BCUT2D eigenvalue weighted by Crippen LogP contribution is -2.37. The van der Waals surface area contributed by atoms with Gasteiger partial charge in [0.05, 0.1) is 12.7 Å². The van der Waals surface area contributed by atoms with Crippen LogP contribution in [0.4, 0.5) is 17.3 Å². The number of hydrogen-bond donors (Lipinski definition) is 1. The van der Waals surface area contributed by atoms with Gasteiger partial charge < -0.3 is 15.0 Å². The van der Waals surface area contributed by atoms with Gasteiger partial charge >= 0.3 is 0 Å². The standard InChI is InChI=1S/C28H25ClN6O3/c1-3-26(36)34(4-2)24-17-31-28(35(27(24)37)18-19-8-10-20(29)11-9-19)33-21-12-14-23(15-13-21)38-25-7-5-6-22(16-30)32-25/h5-15,17H,3-4,18H2,1-2H3,(H,31,33). The van der Waals surface area contributed by atoms with Gasteiger partial charge in [0.15, 0.2) is 0 Å². The summed E-state index contributed by atoms with van der Waals surface area (Å²) >= 11 is 6.03. The van der Waals surface area contributed by atoms with Crippen LogP contribution in [-0.4, -0.2) is 27.0 Å². The topological polar surface area (TPSA) is 113 Å². The Bertz CT molecular complexity index is 1530. The van der Waals surface area contributed by atoms with Crippen LogP contribution in [0.3, 0.4) is 0 Å². The molecule has 2 heterocycles. The number of halogens is 1. The number of carbonyl (C=O) groups is 1. The molecule has 192 valence electrons. The van der Waals surface area contributed by atoms with Crippen molar-refractivity contribution in [2.24, 2.45) is 0 Å².